The molecule has 0 saturated carbocycles. The highest BCUT2D eigenvalue weighted by atomic mass is 35.5. The number of nitrogens with zero attached hydrogens (tertiary/aromatic N) is 1. The maximum atomic E-state index is 5.81. The molecule has 0 aliphatic heterocycles. The van der Waals surface area contributed by atoms with Crippen molar-refractivity contribution in [2.75, 3.05) is 6.61 Å². The van der Waals surface area contributed by atoms with E-state index in [9.17, 15) is 0 Å². The molecule has 2 nitrogen and oxygen atoms in total. The fraction of sp³-hybridized carbons (Fsp3) is 0.583. The summed E-state index contributed by atoms with van der Waals surface area (Å²) in [5.41, 5.74) is 2.11. The van der Waals surface area contributed by atoms with E-state index < -0.39 is 0 Å². The lowest BCUT2D eigenvalue weighted by molar-refractivity contribution is 0.260. The summed E-state index contributed by atoms with van der Waals surface area (Å²) in [5, 5.41) is 0. The van der Waals surface area contributed by atoms with Gasteiger partial charge in [-0.25, -0.2) is 4.98 Å². The number of alkyl halides is 1. The molecule has 1 heterocycles. The lowest BCUT2D eigenvalue weighted by Gasteiger charge is -2.10. The summed E-state index contributed by atoms with van der Waals surface area (Å²) in [7, 11) is 0. The van der Waals surface area contributed by atoms with Gasteiger partial charge in [-0.15, -0.1) is 11.6 Å². The quantitative estimate of drug-likeness (QED) is 0.720. The van der Waals surface area contributed by atoms with Gasteiger partial charge in [0.15, 0.2) is 0 Å². The second-order valence-electron chi connectivity index (χ2n) is 4.00. The molecule has 0 spiro atoms. The lowest BCUT2D eigenvalue weighted by Crippen LogP contribution is -2.06. The number of halogens is 1. The molecule has 0 unspecified atom stereocenters. The zero-order chi connectivity index (χ0) is 11.3. The molecule has 0 bridgehead atoms. The van der Waals surface area contributed by atoms with Gasteiger partial charge in [0.1, 0.15) is 0 Å². The van der Waals surface area contributed by atoms with Crippen LogP contribution in [0.5, 0.6) is 5.88 Å². The van der Waals surface area contributed by atoms with E-state index in [1.165, 1.54) is 0 Å². The van der Waals surface area contributed by atoms with Gasteiger partial charge in [-0.1, -0.05) is 20.8 Å². The Balaban J connectivity index is 2.77. The molecular formula is C12H18ClNO. The number of pyridine rings is 1. The summed E-state index contributed by atoms with van der Waals surface area (Å²) >= 11 is 5.81. The highest BCUT2D eigenvalue weighted by molar-refractivity contribution is 6.17. The van der Waals surface area contributed by atoms with Crippen molar-refractivity contribution in [2.24, 2.45) is 5.92 Å². The lowest BCUT2D eigenvalue weighted by atomic mass is 10.2. The van der Waals surface area contributed by atoms with Crippen LogP contribution in [0.2, 0.25) is 0 Å². The average Bonchev–Trinajstić information content (AvgIpc) is 2.25. The second kappa shape index (κ2) is 5.96. The second-order valence-corrected chi connectivity index (χ2v) is 4.26. The van der Waals surface area contributed by atoms with E-state index in [-0.39, 0.29) is 0 Å². The number of aryl methyl sites for hydroxylation is 1. The molecule has 0 saturated heterocycles. The summed E-state index contributed by atoms with van der Waals surface area (Å²) < 4.78 is 5.58. The number of ether oxygens (including phenoxy) is 1. The van der Waals surface area contributed by atoms with E-state index in [0.29, 0.717) is 24.3 Å². The molecular weight excluding hydrogens is 210 g/mol. The number of hydrogen-bond acceptors (Lipinski definition) is 2. The van der Waals surface area contributed by atoms with Gasteiger partial charge >= 0.3 is 0 Å². The van der Waals surface area contributed by atoms with Gasteiger partial charge in [0.25, 0.3) is 0 Å². The smallest absolute Gasteiger partial charge is 0.213 e. The topological polar surface area (TPSA) is 22.1 Å². The monoisotopic (exact) mass is 227 g/mol. The highest BCUT2D eigenvalue weighted by Gasteiger charge is 2.03. The molecule has 0 radical (unpaired) electrons. The molecule has 0 amide bonds. The summed E-state index contributed by atoms with van der Waals surface area (Å²) in [4.78, 5) is 4.39. The van der Waals surface area contributed by atoms with E-state index in [4.69, 9.17) is 16.3 Å². The van der Waals surface area contributed by atoms with Gasteiger partial charge in [0, 0.05) is 17.6 Å². The standard InChI is InChI=1S/C12H18ClNO/c1-4-11-5-10(7-13)6-12(14-11)15-8-9(2)3/h5-6,9H,4,7-8H2,1-3H3. The molecule has 0 N–H and O–H groups in total. The van der Waals surface area contributed by atoms with Crippen LogP contribution in [0.1, 0.15) is 32.0 Å². The third-order valence-electron chi connectivity index (χ3n) is 2.00. The minimum atomic E-state index is 0.507. The predicted octanol–water partition coefficient (Wildman–Crippen LogP) is 3.42. The Morgan fingerprint density at radius 2 is 2.13 bits per heavy atom. The fourth-order valence-electron chi connectivity index (χ4n) is 1.20. The average molecular weight is 228 g/mol. The minimum Gasteiger partial charge on any atom is -0.477 e. The Bertz CT molecular complexity index is 290. The zero-order valence-corrected chi connectivity index (χ0v) is 10.3. The molecule has 0 aliphatic rings. The molecule has 1 aromatic rings. The van der Waals surface area contributed by atoms with Crippen LogP contribution in [-0.4, -0.2) is 11.6 Å². The van der Waals surface area contributed by atoms with Gasteiger partial charge in [-0.05, 0) is 24.0 Å². The number of hydrogen-bond donors (Lipinski definition) is 0. The van der Waals surface area contributed by atoms with E-state index in [1.54, 1.807) is 0 Å². The van der Waals surface area contributed by atoms with Crippen LogP contribution in [0.15, 0.2) is 12.1 Å². The Hall–Kier alpha value is -0.760. The van der Waals surface area contributed by atoms with Crippen LogP contribution >= 0.6 is 11.6 Å². The van der Waals surface area contributed by atoms with Crippen LogP contribution in [0.4, 0.5) is 0 Å². The van der Waals surface area contributed by atoms with Gasteiger partial charge in [-0.2, -0.15) is 0 Å². The van der Waals surface area contributed by atoms with E-state index in [2.05, 4.69) is 25.8 Å². The van der Waals surface area contributed by atoms with E-state index in [1.807, 2.05) is 12.1 Å². The van der Waals surface area contributed by atoms with Crippen LogP contribution in [0.3, 0.4) is 0 Å². The summed E-state index contributed by atoms with van der Waals surface area (Å²) in [5.74, 6) is 1.71. The summed E-state index contributed by atoms with van der Waals surface area (Å²) in [6.45, 7) is 7.01. The van der Waals surface area contributed by atoms with Crippen LogP contribution in [0, 0.1) is 5.92 Å². The first kappa shape index (κ1) is 12.3. The summed E-state index contributed by atoms with van der Waals surface area (Å²) in [6.07, 6.45) is 0.906. The highest BCUT2D eigenvalue weighted by Crippen LogP contribution is 2.15. The SMILES string of the molecule is CCc1cc(CCl)cc(OCC(C)C)n1. The van der Waals surface area contributed by atoms with E-state index in [0.717, 1.165) is 17.7 Å². The predicted molar refractivity (Wildman–Crippen MR) is 63.5 cm³/mol. The maximum absolute atomic E-state index is 5.81. The molecule has 0 fully saturated rings. The fourth-order valence-corrected chi connectivity index (χ4v) is 1.36. The van der Waals surface area contributed by atoms with Crippen molar-refractivity contribution in [1.29, 1.82) is 0 Å². The van der Waals surface area contributed by atoms with Gasteiger partial charge in [0.05, 0.1) is 6.61 Å². The van der Waals surface area contributed by atoms with Crippen molar-refractivity contribution in [1.82, 2.24) is 4.98 Å². The Morgan fingerprint density at radius 1 is 1.40 bits per heavy atom. The zero-order valence-electron chi connectivity index (χ0n) is 9.59. The first-order chi connectivity index (χ1) is 7.15. The molecule has 0 aromatic carbocycles. The molecule has 0 aliphatic carbocycles. The summed E-state index contributed by atoms with van der Waals surface area (Å²) in [6, 6.07) is 3.93. The molecule has 1 rings (SSSR count). The molecule has 0 atom stereocenters. The number of rotatable bonds is 5. The van der Waals surface area contributed by atoms with Crippen molar-refractivity contribution in [2.45, 2.75) is 33.1 Å². The maximum Gasteiger partial charge on any atom is 0.213 e. The van der Waals surface area contributed by atoms with Crippen molar-refractivity contribution < 1.29 is 4.74 Å². The first-order valence-electron chi connectivity index (χ1n) is 5.34. The third-order valence-corrected chi connectivity index (χ3v) is 2.30. The Morgan fingerprint density at radius 3 is 2.67 bits per heavy atom. The molecule has 1 aromatic heterocycles. The van der Waals surface area contributed by atoms with Gasteiger partial charge in [0.2, 0.25) is 5.88 Å². The van der Waals surface area contributed by atoms with E-state index >= 15 is 0 Å². The van der Waals surface area contributed by atoms with Gasteiger partial charge in [-0.3, -0.25) is 0 Å². The van der Waals surface area contributed by atoms with Gasteiger partial charge < -0.3 is 4.74 Å². The minimum absolute atomic E-state index is 0.507. The van der Waals surface area contributed by atoms with Crippen LogP contribution in [0.25, 0.3) is 0 Å². The van der Waals surface area contributed by atoms with Crippen molar-refractivity contribution in [3.8, 4) is 5.88 Å². The molecule has 3 heteroatoms. The number of aromatic nitrogens is 1. The van der Waals surface area contributed by atoms with Crippen molar-refractivity contribution in [3.05, 3.63) is 23.4 Å². The van der Waals surface area contributed by atoms with Crippen LogP contribution < -0.4 is 4.74 Å². The Kier molecular flexibility index (Phi) is 4.89. The Labute approximate surface area is 96.6 Å². The first-order valence-corrected chi connectivity index (χ1v) is 5.87. The molecule has 15 heavy (non-hydrogen) atoms. The van der Waals surface area contributed by atoms with Crippen LogP contribution in [-0.2, 0) is 12.3 Å². The van der Waals surface area contributed by atoms with Crippen molar-refractivity contribution >= 4 is 11.6 Å². The normalized spacial score (nSPS) is 10.7. The van der Waals surface area contributed by atoms with Crippen molar-refractivity contribution in [3.63, 3.8) is 0 Å². The third kappa shape index (κ3) is 4.08. The largest absolute Gasteiger partial charge is 0.477 e. The molecule has 84 valence electrons.